The number of cyclic esters (lactones) is 1. The Hall–Kier alpha value is -1.60. The number of halogens is 2. The number of aryl methyl sites for hydroxylation is 2. The van der Waals surface area contributed by atoms with E-state index in [0.717, 1.165) is 62.5 Å². The van der Waals surface area contributed by atoms with Gasteiger partial charge >= 0.3 is 5.97 Å². The third kappa shape index (κ3) is 5.17. The summed E-state index contributed by atoms with van der Waals surface area (Å²) < 4.78 is 7.74. The number of hydrogen-bond donors (Lipinski definition) is 1. The van der Waals surface area contributed by atoms with E-state index < -0.39 is 0 Å². The summed E-state index contributed by atoms with van der Waals surface area (Å²) in [5.74, 6) is 0.0129. The predicted molar refractivity (Wildman–Crippen MR) is 123 cm³/mol. The number of rotatable bonds is 5. The molecule has 0 bridgehead atoms. The molecule has 30 heavy (non-hydrogen) atoms. The zero-order chi connectivity index (χ0) is 19.7. The number of nitrogens with zero attached hydrogens (tertiary/aromatic N) is 3. The van der Waals surface area contributed by atoms with Crippen LogP contribution in [0.5, 0.6) is 0 Å². The number of aromatic nitrogens is 2. The Morgan fingerprint density at radius 2 is 1.97 bits per heavy atom. The molecule has 0 amide bonds. The molecule has 166 valence electrons. The fourth-order valence-corrected chi connectivity index (χ4v) is 4.65. The number of carbonyl (C=O) groups excluding carboxylic acids is 1. The zero-order valence-corrected chi connectivity index (χ0v) is 19.5. The van der Waals surface area contributed by atoms with E-state index in [4.69, 9.17) is 4.74 Å². The number of hydrogen-bond acceptors (Lipinski definition) is 5. The molecule has 2 aliphatic rings. The van der Waals surface area contributed by atoms with Crippen molar-refractivity contribution in [1.82, 2.24) is 20.0 Å². The third-order valence-electron chi connectivity index (χ3n) is 6.02. The van der Waals surface area contributed by atoms with Crippen LogP contribution in [-0.2, 0) is 16.1 Å². The summed E-state index contributed by atoms with van der Waals surface area (Å²) in [5.41, 5.74) is 4.22. The summed E-state index contributed by atoms with van der Waals surface area (Å²) in [4.78, 5) is 14.7. The molecule has 8 heteroatoms. The van der Waals surface area contributed by atoms with Gasteiger partial charge in [-0.1, -0.05) is 12.1 Å². The van der Waals surface area contributed by atoms with E-state index in [1.165, 1.54) is 5.56 Å². The molecule has 0 saturated carbocycles. The van der Waals surface area contributed by atoms with E-state index in [9.17, 15) is 4.79 Å². The molecule has 0 aliphatic carbocycles. The van der Waals surface area contributed by atoms with E-state index in [-0.39, 0.29) is 42.3 Å². The lowest BCUT2D eigenvalue weighted by atomic mass is 9.76. The van der Waals surface area contributed by atoms with E-state index in [1.54, 1.807) is 0 Å². The monoisotopic (exact) mass is 454 g/mol. The maximum Gasteiger partial charge on any atom is 0.312 e. The first-order valence-corrected chi connectivity index (χ1v) is 10.2. The Bertz CT molecular complexity index is 865. The van der Waals surface area contributed by atoms with Crippen molar-refractivity contribution < 1.29 is 9.53 Å². The summed E-state index contributed by atoms with van der Waals surface area (Å²) in [6.07, 6.45) is 2.65. The zero-order valence-electron chi connectivity index (χ0n) is 17.9. The van der Waals surface area contributed by atoms with Gasteiger partial charge in [0.15, 0.2) is 0 Å². The van der Waals surface area contributed by atoms with Crippen molar-refractivity contribution >= 4 is 30.8 Å². The molecule has 2 saturated heterocycles. The number of ether oxygens (including phenoxy) is 1. The van der Waals surface area contributed by atoms with Crippen LogP contribution in [0.25, 0.3) is 5.69 Å². The lowest BCUT2D eigenvalue weighted by Crippen LogP contribution is -2.39. The molecule has 1 atom stereocenters. The van der Waals surface area contributed by atoms with Gasteiger partial charge in [0.1, 0.15) is 6.10 Å². The van der Waals surface area contributed by atoms with Gasteiger partial charge in [-0.3, -0.25) is 9.69 Å². The van der Waals surface area contributed by atoms with Gasteiger partial charge in [-0.2, -0.15) is 5.10 Å². The second-order valence-corrected chi connectivity index (χ2v) is 8.47. The number of carbonyl (C=O) groups is 1. The van der Waals surface area contributed by atoms with Gasteiger partial charge < -0.3 is 10.1 Å². The molecule has 2 aliphatic heterocycles. The number of esters is 1. The van der Waals surface area contributed by atoms with Crippen molar-refractivity contribution in [2.24, 2.45) is 5.41 Å². The highest BCUT2D eigenvalue weighted by molar-refractivity contribution is 5.85. The molecule has 1 N–H and O–H groups in total. The lowest BCUT2D eigenvalue weighted by molar-refractivity contribution is -0.150. The molecule has 3 heterocycles. The van der Waals surface area contributed by atoms with Crippen LogP contribution in [0, 0.1) is 19.3 Å². The van der Waals surface area contributed by atoms with Crippen molar-refractivity contribution in [3.63, 3.8) is 0 Å². The molecular weight excluding hydrogens is 423 g/mol. The van der Waals surface area contributed by atoms with Gasteiger partial charge in [-0.15, -0.1) is 24.8 Å². The molecule has 1 spiro atoms. The highest BCUT2D eigenvalue weighted by Crippen LogP contribution is 2.41. The average Bonchev–Trinajstić information content (AvgIpc) is 3.14. The van der Waals surface area contributed by atoms with Crippen molar-refractivity contribution in [2.45, 2.75) is 45.8 Å². The summed E-state index contributed by atoms with van der Waals surface area (Å²) in [7, 11) is 2.09. The summed E-state index contributed by atoms with van der Waals surface area (Å²) in [5, 5.41) is 7.92. The topological polar surface area (TPSA) is 59.4 Å². The van der Waals surface area contributed by atoms with Crippen molar-refractivity contribution in [1.29, 1.82) is 0 Å². The van der Waals surface area contributed by atoms with Gasteiger partial charge in [-0.05, 0) is 70.6 Å². The SMILES string of the molecule is Cc1cc(C)n(-c2cccc(CN(C)CC3CC4(CCNCC4)C(=O)O3)c2)n1.Cl.Cl. The highest BCUT2D eigenvalue weighted by Gasteiger charge is 2.49. The molecule has 4 rings (SSSR count). The number of benzene rings is 1. The first-order chi connectivity index (χ1) is 13.4. The third-order valence-corrected chi connectivity index (χ3v) is 6.02. The average molecular weight is 455 g/mol. The summed E-state index contributed by atoms with van der Waals surface area (Å²) >= 11 is 0. The maximum absolute atomic E-state index is 12.5. The second-order valence-electron chi connectivity index (χ2n) is 8.47. The molecule has 2 aromatic rings. The van der Waals surface area contributed by atoms with E-state index in [1.807, 2.05) is 11.6 Å². The van der Waals surface area contributed by atoms with E-state index in [2.05, 4.69) is 59.6 Å². The second kappa shape index (κ2) is 10.1. The number of likely N-dealkylation sites (N-methyl/N-ethyl adjacent to an activating group) is 1. The van der Waals surface area contributed by atoms with Crippen LogP contribution in [0.2, 0.25) is 0 Å². The molecule has 0 radical (unpaired) electrons. The Morgan fingerprint density at radius 3 is 2.63 bits per heavy atom. The van der Waals surface area contributed by atoms with Gasteiger partial charge in [0.25, 0.3) is 0 Å². The van der Waals surface area contributed by atoms with Gasteiger partial charge in [0.05, 0.1) is 16.8 Å². The van der Waals surface area contributed by atoms with Crippen molar-refractivity contribution in [3.8, 4) is 5.69 Å². The Kier molecular flexibility index (Phi) is 8.34. The Morgan fingerprint density at radius 1 is 1.23 bits per heavy atom. The highest BCUT2D eigenvalue weighted by atomic mass is 35.5. The first kappa shape index (κ1) is 24.7. The van der Waals surface area contributed by atoms with Crippen LogP contribution in [0.15, 0.2) is 30.3 Å². The predicted octanol–water partition coefficient (Wildman–Crippen LogP) is 3.45. The van der Waals surface area contributed by atoms with E-state index in [0.29, 0.717) is 0 Å². The summed E-state index contributed by atoms with van der Waals surface area (Å²) in [6, 6.07) is 10.6. The fraction of sp³-hybridized carbons (Fsp3) is 0.545. The summed E-state index contributed by atoms with van der Waals surface area (Å²) in [6.45, 7) is 7.50. The minimum atomic E-state index is -0.244. The van der Waals surface area contributed by atoms with E-state index >= 15 is 0 Å². The van der Waals surface area contributed by atoms with Crippen LogP contribution in [0.1, 0.15) is 36.2 Å². The molecule has 1 unspecified atom stereocenters. The van der Waals surface area contributed by atoms with Crippen LogP contribution in [0.4, 0.5) is 0 Å². The minimum Gasteiger partial charge on any atom is -0.461 e. The smallest absolute Gasteiger partial charge is 0.312 e. The molecular formula is C22H32Cl2N4O2. The van der Waals surface area contributed by atoms with Crippen LogP contribution in [0.3, 0.4) is 0 Å². The number of piperidine rings is 1. The Labute approximate surface area is 191 Å². The van der Waals surface area contributed by atoms with Crippen LogP contribution < -0.4 is 5.32 Å². The normalized spacial score (nSPS) is 20.0. The van der Waals surface area contributed by atoms with Crippen LogP contribution >= 0.6 is 24.8 Å². The maximum atomic E-state index is 12.5. The molecule has 1 aromatic carbocycles. The van der Waals surface area contributed by atoms with Gasteiger partial charge in [0.2, 0.25) is 0 Å². The number of nitrogens with one attached hydrogen (secondary N) is 1. The van der Waals surface area contributed by atoms with Crippen LogP contribution in [-0.4, -0.2) is 53.4 Å². The largest absolute Gasteiger partial charge is 0.461 e. The van der Waals surface area contributed by atoms with Gasteiger partial charge in [-0.25, -0.2) is 4.68 Å². The fourth-order valence-electron chi connectivity index (χ4n) is 4.65. The quantitative estimate of drug-likeness (QED) is 0.700. The Balaban J connectivity index is 0.00000160. The van der Waals surface area contributed by atoms with Crippen molar-refractivity contribution in [3.05, 3.63) is 47.3 Å². The molecule has 2 fully saturated rings. The standard InChI is InChI=1S/C22H30N4O2.2ClH/c1-16-11-17(2)26(24-16)19-6-4-5-18(12-19)14-25(3)15-20-13-22(21(27)28-20)7-9-23-10-8-22;;/h4-6,11-12,20,23H,7-10,13-15H2,1-3H3;2*1H. The van der Waals surface area contributed by atoms with Gasteiger partial charge in [0, 0.05) is 25.2 Å². The molecule has 1 aromatic heterocycles. The molecule has 6 nitrogen and oxygen atoms in total. The first-order valence-electron chi connectivity index (χ1n) is 10.2. The van der Waals surface area contributed by atoms with Crippen molar-refractivity contribution in [2.75, 3.05) is 26.7 Å². The minimum absolute atomic E-state index is 0. The lowest BCUT2D eigenvalue weighted by Gasteiger charge is -2.29.